The Morgan fingerprint density at radius 1 is 1.25 bits per heavy atom. The van der Waals surface area contributed by atoms with Gasteiger partial charge >= 0.3 is 0 Å². The first-order chi connectivity index (χ1) is 11.2. The maximum atomic E-state index is 12.2. The minimum atomic E-state index is -3.91. The smallest absolute Gasteiger partial charge is 0.246 e. The van der Waals surface area contributed by atoms with E-state index in [2.05, 4.69) is 15.2 Å². The fourth-order valence-corrected chi connectivity index (χ4v) is 3.42. The van der Waals surface area contributed by atoms with Crippen LogP contribution in [-0.4, -0.2) is 31.8 Å². The van der Waals surface area contributed by atoms with Gasteiger partial charge in [-0.1, -0.05) is 17.3 Å². The van der Waals surface area contributed by atoms with Gasteiger partial charge in [-0.25, -0.2) is 13.1 Å². The van der Waals surface area contributed by atoms with Crippen LogP contribution in [0.3, 0.4) is 0 Å². The molecule has 0 atom stereocenters. The van der Waals surface area contributed by atoms with Gasteiger partial charge in [0.15, 0.2) is 11.5 Å². The maximum absolute atomic E-state index is 12.2. The molecule has 128 valence electrons. The number of Topliss-reactive ketones (excluding diaryl/α,β-unsaturated/α-hetero) is 1. The third-order valence-corrected chi connectivity index (χ3v) is 4.86. The number of anilines is 1. The number of nitrogens with zero attached hydrogens (tertiary/aromatic N) is 1. The molecule has 9 heteroatoms. The lowest BCUT2D eigenvalue weighted by Gasteiger charge is -2.08. The Kier molecular flexibility index (Phi) is 5.15. The molecule has 0 unspecified atom stereocenters. The second-order valence-electron chi connectivity index (χ2n) is 5.16. The van der Waals surface area contributed by atoms with Crippen molar-refractivity contribution in [3.63, 3.8) is 0 Å². The van der Waals surface area contributed by atoms with E-state index < -0.39 is 22.5 Å². The van der Waals surface area contributed by atoms with E-state index in [0.29, 0.717) is 11.3 Å². The van der Waals surface area contributed by atoms with Gasteiger partial charge < -0.3 is 9.84 Å². The van der Waals surface area contributed by atoms with Gasteiger partial charge in [0, 0.05) is 11.3 Å². The number of rotatable bonds is 6. The zero-order valence-corrected chi connectivity index (χ0v) is 14.2. The molecule has 0 bridgehead atoms. The second kappa shape index (κ2) is 6.93. The molecule has 0 spiro atoms. The van der Waals surface area contributed by atoms with Crippen LogP contribution in [0.1, 0.15) is 28.7 Å². The van der Waals surface area contributed by atoms with Crippen molar-refractivity contribution < 1.29 is 22.5 Å². The molecule has 1 amide bonds. The van der Waals surface area contributed by atoms with Crippen molar-refractivity contribution in [2.75, 3.05) is 11.9 Å². The highest BCUT2D eigenvalue weighted by Crippen LogP contribution is 2.18. The molecule has 0 aliphatic rings. The molecule has 0 saturated carbocycles. The zero-order chi connectivity index (χ0) is 17.9. The summed E-state index contributed by atoms with van der Waals surface area (Å²) in [5.74, 6) is -0.550. The number of nitrogens with one attached hydrogen (secondary N) is 2. The highest BCUT2D eigenvalue weighted by Gasteiger charge is 2.24. The van der Waals surface area contributed by atoms with Gasteiger partial charge in [0.25, 0.3) is 0 Å². The lowest BCUT2D eigenvalue weighted by atomic mass is 10.1. The molecule has 0 saturated heterocycles. The van der Waals surface area contributed by atoms with Crippen LogP contribution >= 0.6 is 0 Å². The van der Waals surface area contributed by atoms with Crippen LogP contribution in [0.4, 0.5) is 5.69 Å². The Balaban J connectivity index is 2.03. The van der Waals surface area contributed by atoms with E-state index >= 15 is 0 Å². The van der Waals surface area contributed by atoms with E-state index in [9.17, 15) is 18.0 Å². The molecule has 0 aliphatic heterocycles. The molecule has 2 rings (SSSR count). The van der Waals surface area contributed by atoms with Crippen molar-refractivity contribution >= 4 is 27.4 Å². The van der Waals surface area contributed by atoms with Crippen molar-refractivity contribution in [2.24, 2.45) is 0 Å². The number of carbonyl (C=O) groups excluding carboxylic acids is 2. The summed E-state index contributed by atoms with van der Waals surface area (Å²) in [6.45, 7) is 3.93. The summed E-state index contributed by atoms with van der Waals surface area (Å²) in [6.07, 6.45) is 0. The van der Waals surface area contributed by atoms with Gasteiger partial charge in [-0.2, -0.15) is 0 Å². The van der Waals surface area contributed by atoms with E-state index in [0.717, 1.165) is 0 Å². The monoisotopic (exact) mass is 351 g/mol. The van der Waals surface area contributed by atoms with Crippen LogP contribution in [0.25, 0.3) is 0 Å². The Hall–Kier alpha value is -2.52. The minimum absolute atomic E-state index is 0.0751. The molecule has 24 heavy (non-hydrogen) atoms. The molecule has 0 aliphatic carbocycles. The van der Waals surface area contributed by atoms with E-state index in [1.54, 1.807) is 18.2 Å². The van der Waals surface area contributed by atoms with Crippen LogP contribution in [0.15, 0.2) is 33.7 Å². The predicted molar refractivity (Wildman–Crippen MR) is 86.2 cm³/mol. The average molecular weight is 351 g/mol. The van der Waals surface area contributed by atoms with Gasteiger partial charge in [-0.3, -0.25) is 9.59 Å². The number of aromatic nitrogens is 1. The van der Waals surface area contributed by atoms with E-state index in [-0.39, 0.29) is 22.1 Å². The van der Waals surface area contributed by atoms with Crippen LogP contribution in [-0.2, 0) is 14.8 Å². The fourth-order valence-electron chi connectivity index (χ4n) is 2.11. The topological polar surface area (TPSA) is 118 Å². The average Bonchev–Trinajstić information content (AvgIpc) is 2.85. The van der Waals surface area contributed by atoms with Crippen LogP contribution in [0.2, 0.25) is 0 Å². The standard InChI is InChI=1S/C15H17N3O5S/c1-9-15(11(3)23-18-9)24(21,22)16-8-14(20)17-13-6-4-5-12(7-13)10(2)19/h4-7,16H,8H2,1-3H3,(H,17,20). The molecule has 8 nitrogen and oxygen atoms in total. The summed E-state index contributed by atoms with van der Waals surface area (Å²) < 4.78 is 31.4. The summed E-state index contributed by atoms with van der Waals surface area (Å²) in [6, 6.07) is 6.37. The van der Waals surface area contributed by atoms with Crippen LogP contribution in [0.5, 0.6) is 0 Å². The summed E-state index contributed by atoms with van der Waals surface area (Å²) in [5, 5.41) is 6.10. The first-order valence-corrected chi connectivity index (χ1v) is 8.52. The summed E-state index contributed by atoms with van der Waals surface area (Å²) in [5.41, 5.74) is 1.07. The van der Waals surface area contributed by atoms with Gasteiger partial charge in [-0.15, -0.1) is 0 Å². The zero-order valence-electron chi connectivity index (χ0n) is 13.4. The highest BCUT2D eigenvalue weighted by molar-refractivity contribution is 7.89. The highest BCUT2D eigenvalue weighted by atomic mass is 32.2. The Bertz CT molecular complexity index is 867. The Morgan fingerprint density at radius 3 is 2.54 bits per heavy atom. The normalized spacial score (nSPS) is 11.3. The largest absolute Gasteiger partial charge is 0.360 e. The molecular formula is C15H17N3O5S. The molecule has 1 aromatic heterocycles. The number of hydrogen-bond donors (Lipinski definition) is 2. The molecule has 1 aromatic carbocycles. The number of benzene rings is 1. The minimum Gasteiger partial charge on any atom is -0.360 e. The van der Waals surface area contributed by atoms with Gasteiger partial charge in [-0.05, 0) is 32.9 Å². The fraction of sp³-hybridized carbons (Fsp3) is 0.267. The molecule has 0 radical (unpaired) electrons. The van der Waals surface area contributed by atoms with Crippen molar-refractivity contribution in [3.05, 3.63) is 41.3 Å². The lowest BCUT2D eigenvalue weighted by molar-refractivity contribution is -0.115. The van der Waals surface area contributed by atoms with Crippen LogP contribution in [0, 0.1) is 13.8 Å². The number of amides is 1. The first kappa shape index (κ1) is 17.8. The molecule has 1 heterocycles. The van der Waals surface area contributed by atoms with E-state index in [1.807, 2.05) is 0 Å². The summed E-state index contributed by atoms with van der Waals surface area (Å²) in [7, 11) is -3.91. The Morgan fingerprint density at radius 2 is 1.96 bits per heavy atom. The summed E-state index contributed by atoms with van der Waals surface area (Å²) in [4.78, 5) is 23.2. The first-order valence-electron chi connectivity index (χ1n) is 7.04. The number of carbonyl (C=O) groups is 2. The maximum Gasteiger partial charge on any atom is 0.246 e. The van der Waals surface area contributed by atoms with Crippen molar-refractivity contribution in [3.8, 4) is 0 Å². The quantitative estimate of drug-likeness (QED) is 0.760. The third-order valence-electron chi connectivity index (χ3n) is 3.21. The Labute approximate surface area is 139 Å². The number of ketones is 1. The second-order valence-corrected chi connectivity index (χ2v) is 6.87. The third kappa shape index (κ3) is 4.06. The van der Waals surface area contributed by atoms with Gasteiger partial charge in [0.05, 0.1) is 6.54 Å². The molecular weight excluding hydrogens is 334 g/mol. The van der Waals surface area contributed by atoms with Crippen molar-refractivity contribution in [1.29, 1.82) is 0 Å². The number of aryl methyl sites for hydroxylation is 2. The van der Waals surface area contributed by atoms with E-state index in [4.69, 9.17) is 4.52 Å². The predicted octanol–water partition coefficient (Wildman–Crippen LogP) is 1.41. The van der Waals surface area contributed by atoms with Gasteiger partial charge in [0.1, 0.15) is 10.6 Å². The molecule has 2 aromatic rings. The van der Waals surface area contributed by atoms with E-state index in [1.165, 1.54) is 26.8 Å². The van der Waals surface area contributed by atoms with Gasteiger partial charge in [0.2, 0.25) is 15.9 Å². The molecule has 0 fully saturated rings. The number of hydrogen-bond acceptors (Lipinski definition) is 6. The molecule has 2 N–H and O–H groups in total. The van der Waals surface area contributed by atoms with Crippen LogP contribution < -0.4 is 10.0 Å². The van der Waals surface area contributed by atoms with Crippen molar-refractivity contribution in [2.45, 2.75) is 25.7 Å². The summed E-state index contributed by atoms with van der Waals surface area (Å²) >= 11 is 0. The van der Waals surface area contributed by atoms with Crippen molar-refractivity contribution in [1.82, 2.24) is 9.88 Å². The lowest BCUT2D eigenvalue weighted by Crippen LogP contribution is -2.33. The SMILES string of the molecule is CC(=O)c1cccc(NC(=O)CNS(=O)(=O)c2c(C)noc2C)c1. The number of sulfonamides is 1.